The molecule has 0 aliphatic carbocycles. The van der Waals surface area contributed by atoms with Crippen LogP contribution in [0, 0.1) is 5.82 Å². The van der Waals surface area contributed by atoms with Gasteiger partial charge in [-0.1, -0.05) is 6.07 Å². The lowest BCUT2D eigenvalue weighted by Gasteiger charge is -2.25. The van der Waals surface area contributed by atoms with Crippen molar-refractivity contribution in [3.05, 3.63) is 54.2 Å². The van der Waals surface area contributed by atoms with Crippen molar-refractivity contribution in [2.45, 2.75) is 37.8 Å². The maximum absolute atomic E-state index is 13.1. The Balaban J connectivity index is 1.47. The average molecular weight is 346 g/mol. The minimum absolute atomic E-state index is 0.136. The van der Waals surface area contributed by atoms with E-state index in [4.69, 9.17) is 4.42 Å². The summed E-state index contributed by atoms with van der Waals surface area (Å²) < 4.78 is 18.4. The lowest BCUT2D eigenvalue weighted by atomic mass is 10.1. The number of furan rings is 1. The van der Waals surface area contributed by atoms with Crippen LogP contribution in [0.3, 0.4) is 0 Å². The molecule has 25 heavy (non-hydrogen) atoms. The van der Waals surface area contributed by atoms with Crippen LogP contribution in [0.4, 0.5) is 10.1 Å². The number of benzene rings is 1. The van der Waals surface area contributed by atoms with Crippen molar-refractivity contribution in [2.24, 2.45) is 0 Å². The van der Waals surface area contributed by atoms with E-state index in [1.165, 1.54) is 12.1 Å². The minimum atomic E-state index is -0.623. The molecule has 2 aromatic rings. The first kappa shape index (κ1) is 17.6. The molecule has 2 N–H and O–H groups in total. The fraction of sp³-hybridized carbons (Fsp3) is 0.421. The first-order chi connectivity index (χ1) is 12.1. The lowest BCUT2D eigenvalue weighted by Crippen LogP contribution is -2.33. The van der Waals surface area contributed by atoms with Crippen LogP contribution >= 0.6 is 0 Å². The fourth-order valence-electron chi connectivity index (χ4n) is 3.35. The van der Waals surface area contributed by atoms with Crippen LogP contribution < -0.4 is 5.32 Å². The van der Waals surface area contributed by atoms with Gasteiger partial charge in [-0.3, -0.25) is 9.69 Å². The molecule has 0 spiro atoms. The average Bonchev–Trinajstić information content (AvgIpc) is 3.25. The summed E-state index contributed by atoms with van der Waals surface area (Å²) in [5.74, 6) is 0.0721. The normalized spacial score (nSPS) is 19.0. The zero-order chi connectivity index (χ0) is 17.6. The second-order valence-electron chi connectivity index (χ2n) is 6.41. The van der Waals surface area contributed by atoms with E-state index in [0.717, 1.165) is 19.4 Å². The second kappa shape index (κ2) is 8.27. The molecule has 1 saturated heterocycles. The molecule has 6 heteroatoms. The van der Waals surface area contributed by atoms with Crippen molar-refractivity contribution in [3.63, 3.8) is 0 Å². The number of carbonyl (C=O) groups excluding carboxylic acids is 1. The van der Waals surface area contributed by atoms with E-state index in [9.17, 15) is 14.3 Å². The number of anilines is 1. The number of halogens is 1. The Hall–Kier alpha value is -2.18. The van der Waals surface area contributed by atoms with Gasteiger partial charge in [-0.05, 0) is 56.1 Å². The van der Waals surface area contributed by atoms with Gasteiger partial charge in [-0.2, -0.15) is 0 Å². The molecule has 1 aliphatic heterocycles. The van der Waals surface area contributed by atoms with Gasteiger partial charge in [0.2, 0.25) is 5.91 Å². The highest BCUT2D eigenvalue weighted by Gasteiger charge is 2.28. The van der Waals surface area contributed by atoms with E-state index in [-0.39, 0.29) is 17.8 Å². The van der Waals surface area contributed by atoms with Gasteiger partial charge >= 0.3 is 0 Å². The molecule has 1 amide bonds. The van der Waals surface area contributed by atoms with Crippen LogP contribution in [0.2, 0.25) is 0 Å². The molecule has 3 rings (SSSR count). The molecule has 134 valence electrons. The standard InChI is InChI=1S/C19H23FN2O3/c20-14-4-1-5-15(12-14)21-19(24)8-10-22-9-2-6-16(22)13-17(23)18-7-3-11-25-18/h1,3-5,7,11-12,16-17,23H,2,6,8-10,13H2,(H,21,24). The largest absolute Gasteiger partial charge is 0.467 e. The predicted molar refractivity (Wildman–Crippen MR) is 92.5 cm³/mol. The first-order valence-electron chi connectivity index (χ1n) is 8.63. The third-order valence-corrected chi connectivity index (χ3v) is 4.60. The van der Waals surface area contributed by atoms with Crippen molar-refractivity contribution in [1.29, 1.82) is 0 Å². The maximum Gasteiger partial charge on any atom is 0.225 e. The van der Waals surface area contributed by atoms with Crippen molar-refractivity contribution >= 4 is 11.6 Å². The highest BCUT2D eigenvalue weighted by molar-refractivity contribution is 5.90. The number of hydrogen-bond acceptors (Lipinski definition) is 4. The quantitative estimate of drug-likeness (QED) is 0.807. The Morgan fingerprint density at radius 1 is 1.40 bits per heavy atom. The van der Waals surface area contributed by atoms with E-state index >= 15 is 0 Å². The number of rotatable bonds is 7. The van der Waals surface area contributed by atoms with Gasteiger partial charge in [-0.15, -0.1) is 0 Å². The van der Waals surface area contributed by atoms with Crippen LogP contribution in [-0.2, 0) is 4.79 Å². The summed E-state index contributed by atoms with van der Waals surface area (Å²) in [6.07, 6.45) is 3.93. The van der Waals surface area contributed by atoms with E-state index in [2.05, 4.69) is 10.2 Å². The summed E-state index contributed by atoms with van der Waals surface area (Å²) in [4.78, 5) is 14.3. The zero-order valence-corrected chi connectivity index (χ0v) is 14.0. The Labute approximate surface area is 146 Å². The Morgan fingerprint density at radius 3 is 3.04 bits per heavy atom. The first-order valence-corrected chi connectivity index (χ1v) is 8.63. The van der Waals surface area contributed by atoms with Crippen LogP contribution in [0.1, 0.15) is 37.5 Å². The molecule has 0 bridgehead atoms. The number of carbonyl (C=O) groups is 1. The van der Waals surface area contributed by atoms with E-state index in [1.807, 2.05) is 0 Å². The van der Waals surface area contributed by atoms with Crippen molar-refractivity contribution in [1.82, 2.24) is 4.90 Å². The minimum Gasteiger partial charge on any atom is -0.467 e. The van der Waals surface area contributed by atoms with Gasteiger partial charge in [0.15, 0.2) is 0 Å². The number of likely N-dealkylation sites (tertiary alicyclic amines) is 1. The molecule has 2 atom stereocenters. The van der Waals surface area contributed by atoms with Crippen molar-refractivity contribution < 1.29 is 18.7 Å². The molecule has 5 nitrogen and oxygen atoms in total. The van der Waals surface area contributed by atoms with Gasteiger partial charge in [0.25, 0.3) is 0 Å². The zero-order valence-electron chi connectivity index (χ0n) is 14.0. The van der Waals surface area contributed by atoms with Gasteiger partial charge in [0, 0.05) is 24.7 Å². The van der Waals surface area contributed by atoms with E-state index in [0.29, 0.717) is 30.8 Å². The van der Waals surface area contributed by atoms with Crippen LogP contribution in [0.25, 0.3) is 0 Å². The number of aliphatic hydroxyl groups excluding tert-OH is 1. The number of nitrogens with zero attached hydrogens (tertiary/aromatic N) is 1. The predicted octanol–water partition coefficient (Wildman–Crippen LogP) is 3.34. The summed E-state index contributed by atoms with van der Waals surface area (Å²) in [6, 6.07) is 9.65. The second-order valence-corrected chi connectivity index (χ2v) is 6.41. The molecule has 0 saturated carbocycles. The third-order valence-electron chi connectivity index (χ3n) is 4.60. The molecule has 1 aromatic heterocycles. The highest BCUT2D eigenvalue weighted by atomic mass is 19.1. The molecule has 2 unspecified atom stereocenters. The van der Waals surface area contributed by atoms with Gasteiger partial charge in [0.1, 0.15) is 17.7 Å². The van der Waals surface area contributed by atoms with E-state index in [1.54, 1.807) is 30.5 Å². The fourth-order valence-corrected chi connectivity index (χ4v) is 3.35. The number of aliphatic hydroxyl groups is 1. The summed E-state index contributed by atoms with van der Waals surface area (Å²) in [7, 11) is 0. The highest BCUT2D eigenvalue weighted by Crippen LogP contribution is 2.27. The molecule has 2 heterocycles. The molecule has 1 fully saturated rings. The summed E-state index contributed by atoms with van der Waals surface area (Å²) in [5.41, 5.74) is 0.469. The summed E-state index contributed by atoms with van der Waals surface area (Å²) in [6.45, 7) is 1.54. The van der Waals surface area contributed by atoms with Crippen molar-refractivity contribution in [2.75, 3.05) is 18.4 Å². The smallest absolute Gasteiger partial charge is 0.225 e. The summed E-state index contributed by atoms with van der Waals surface area (Å²) >= 11 is 0. The monoisotopic (exact) mass is 346 g/mol. The molecular formula is C19H23FN2O3. The number of nitrogens with one attached hydrogen (secondary N) is 1. The SMILES string of the molecule is O=C(CCN1CCCC1CC(O)c1ccco1)Nc1cccc(F)c1. The Morgan fingerprint density at radius 2 is 2.28 bits per heavy atom. The number of hydrogen-bond donors (Lipinski definition) is 2. The Bertz CT molecular complexity index is 690. The Kier molecular flexibility index (Phi) is 5.83. The topological polar surface area (TPSA) is 65.7 Å². The van der Waals surface area contributed by atoms with Crippen LogP contribution in [-0.4, -0.2) is 35.0 Å². The third kappa shape index (κ3) is 4.90. The van der Waals surface area contributed by atoms with Crippen molar-refractivity contribution in [3.8, 4) is 0 Å². The molecule has 0 radical (unpaired) electrons. The van der Waals surface area contributed by atoms with Gasteiger partial charge in [-0.25, -0.2) is 4.39 Å². The molecule has 1 aliphatic rings. The van der Waals surface area contributed by atoms with Gasteiger partial charge in [0.05, 0.1) is 6.26 Å². The van der Waals surface area contributed by atoms with Gasteiger partial charge < -0.3 is 14.8 Å². The molecular weight excluding hydrogens is 323 g/mol. The van der Waals surface area contributed by atoms with E-state index < -0.39 is 6.10 Å². The number of amides is 1. The summed E-state index contributed by atoms with van der Waals surface area (Å²) in [5, 5.41) is 13.0. The maximum atomic E-state index is 13.1. The molecule has 1 aromatic carbocycles. The van der Waals surface area contributed by atoms with Crippen LogP contribution in [0.15, 0.2) is 47.1 Å². The van der Waals surface area contributed by atoms with Crippen LogP contribution in [0.5, 0.6) is 0 Å². The lowest BCUT2D eigenvalue weighted by molar-refractivity contribution is -0.116.